The van der Waals surface area contributed by atoms with Gasteiger partial charge in [-0.15, -0.1) is 0 Å². The van der Waals surface area contributed by atoms with Gasteiger partial charge in [0.25, 0.3) is 0 Å². The van der Waals surface area contributed by atoms with Crippen LogP contribution >= 0.6 is 0 Å². The van der Waals surface area contributed by atoms with E-state index < -0.39 is 5.91 Å². The predicted octanol–water partition coefficient (Wildman–Crippen LogP) is -0.773. The van der Waals surface area contributed by atoms with Crippen LogP contribution in [-0.4, -0.2) is 12.2 Å². The molecule has 0 aliphatic rings. The molecule has 2 N–H and O–H groups in total. The Hall–Kier alpha value is -1.12. The summed E-state index contributed by atoms with van der Waals surface area (Å²) in [7, 11) is 0. The number of carbonyl (C=O) groups excluding carboxylic acids is 2. The maximum Gasteiger partial charge on any atom is 0.241 e. The van der Waals surface area contributed by atoms with Crippen LogP contribution in [0.1, 0.15) is 0 Å². The summed E-state index contributed by atoms with van der Waals surface area (Å²) < 4.78 is 0. The highest BCUT2D eigenvalue weighted by Crippen LogP contribution is 1.60. The van der Waals surface area contributed by atoms with Gasteiger partial charge in [0.2, 0.25) is 5.91 Å². The van der Waals surface area contributed by atoms with Crippen LogP contribution in [0.5, 0.6) is 0 Å². The van der Waals surface area contributed by atoms with Crippen molar-refractivity contribution in [2.75, 3.05) is 0 Å². The second kappa shape index (κ2) is 3.08. The van der Waals surface area contributed by atoms with E-state index in [9.17, 15) is 9.59 Å². The third-order valence-electron chi connectivity index (χ3n) is 0.339. The molecule has 0 bridgehead atoms. The lowest BCUT2D eigenvalue weighted by Gasteiger charge is -1.69. The van der Waals surface area contributed by atoms with Crippen LogP contribution in [0.25, 0.3) is 0 Å². The molecule has 1 amide bonds. The van der Waals surface area contributed by atoms with Gasteiger partial charge in [-0.1, -0.05) is 0 Å². The van der Waals surface area contributed by atoms with E-state index in [4.69, 9.17) is 0 Å². The standard InChI is InChI=1S/C4H5NO2/c5-4(7)2-1-3-6/h1-3H,(H2,5,7)/b2-1-. The Balaban J connectivity index is 3.46. The zero-order valence-electron chi connectivity index (χ0n) is 3.63. The molecule has 0 atom stereocenters. The summed E-state index contributed by atoms with van der Waals surface area (Å²) in [6, 6.07) is 0. The molecule has 0 fully saturated rings. The minimum Gasteiger partial charge on any atom is -0.366 e. The summed E-state index contributed by atoms with van der Waals surface area (Å²) in [6.07, 6.45) is 2.53. The fourth-order valence-electron chi connectivity index (χ4n) is 0.134. The van der Waals surface area contributed by atoms with Crippen LogP contribution in [0.2, 0.25) is 0 Å². The van der Waals surface area contributed by atoms with Crippen LogP contribution in [-0.2, 0) is 9.59 Å². The minimum absolute atomic E-state index is 0.491. The van der Waals surface area contributed by atoms with Gasteiger partial charge in [-0.25, -0.2) is 0 Å². The smallest absolute Gasteiger partial charge is 0.241 e. The lowest BCUT2D eigenvalue weighted by molar-refractivity contribution is -0.114. The zero-order valence-corrected chi connectivity index (χ0v) is 3.63. The molecule has 0 heterocycles. The molecular formula is C4H5NO2. The second-order valence-electron chi connectivity index (χ2n) is 0.898. The van der Waals surface area contributed by atoms with E-state index in [0.29, 0.717) is 6.29 Å². The van der Waals surface area contributed by atoms with E-state index in [1.807, 2.05) is 0 Å². The largest absolute Gasteiger partial charge is 0.366 e. The average Bonchev–Trinajstić information content (AvgIpc) is 1.61. The van der Waals surface area contributed by atoms with Crippen LogP contribution in [0, 0.1) is 0 Å². The number of hydrogen-bond donors (Lipinski definition) is 1. The Labute approximate surface area is 40.8 Å². The van der Waals surface area contributed by atoms with Gasteiger partial charge in [0.1, 0.15) is 6.29 Å². The number of nitrogens with two attached hydrogens (primary N) is 1. The number of rotatable bonds is 2. The van der Waals surface area contributed by atoms with Crippen molar-refractivity contribution in [3.8, 4) is 0 Å². The number of hydrogen-bond acceptors (Lipinski definition) is 2. The Kier molecular flexibility index (Phi) is 2.59. The molecule has 0 saturated carbocycles. The van der Waals surface area contributed by atoms with Crippen LogP contribution in [0.15, 0.2) is 12.2 Å². The maximum absolute atomic E-state index is 9.73. The SMILES string of the molecule is NC(=O)/C=C\C=O. The van der Waals surface area contributed by atoms with E-state index >= 15 is 0 Å². The number of amides is 1. The summed E-state index contributed by atoms with van der Waals surface area (Å²) in [5, 5.41) is 0. The topological polar surface area (TPSA) is 60.2 Å². The summed E-state index contributed by atoms with van der Waals surface area (Å²) in [4.78, 5) is 19.1. The highest BCUT2D eigenvalue weighted by atomic mass is 16.1. The predicted molar refractivity (Wildman–Crippen MR) is 24.4 cm³/mol. The summed E-state index contributed by atoms with van der Waals surface area (Å²) in [6.45, 7) is 0. The molecule has 0 aromatic rings. The minimum atomic E-state index is -0.605. The highest BCUT2D eigenvalue weighted by Gasteiger charge is 1.75. The molecule has 3 heteroatoms. The number of primary amides is 1. The lowest BCUT2D eigenvalue weighted by atomic mass is 10.5. The quantitative estimate of drug-likeness (QED) is 0.365. The lowest BCUT2D eigenvalue weighted by Crippen LogP contribution is -2.05. The molecule has 38 valence electrons. The van der Waals surface area contributed by atoms with E-state index in [-0.39, 0.29) is 0 Å². The van der Waals surface area contributed by atoms with Crippen molar-refractivity contribution in [2.24, 2.45) is 5.73 Å². The molecule has 0 spiro atoms. The third kappa shape index (κ3) is 4.88. The van der Waals surface area contributed by atoms with E-state index in [0.717, 1.165) is 12.2 Å². The Morgan fingerprint density at radius 2 is 2.14 bits per heavy atom. The zero-order chi connectivity index (χ0) is 5.70. The normalized spacial score (nSPS) is 9.14. The van der Waals surface area contributed by atoms with Gasteiger partial charge < -0.3 is 5.73 Å². The summed E-state index contributed by atoms with van der Waals surface area (Å²) in [5.74, 6) is -0.605. The molecule has 0 saturated heterocycles. The molecule has 0 aliphatic heterocycles. The third-order valence-corrected chi connectivity index (χ3v) is 0.339. The van der Waals surface area contributed by atoms with E-state index in [2.05, 4.69) is 5.73 Å². The summed E-state index contributed by atoms with van der Waals surface area (Å²) in [5.41, 5.74) is 4.59. The molecule has 0 rings (SSSR count). The number of allylic oxidation sites excluding steroid dienone is 1. The Morgan fingerprint density at radius 1 is 1.57 bits per heavy atom. The average molecular weight is 99.1 g/mol. The first-order chi connectivity index (χ1) is 3.27. The van der Waals surface area contributed by atoms with Gasteiger partial charge in [-0.05, 0) is 6.08 Å². The van der Waals surface area contributed by atoms with Gasteiger partial charge in [-0.2, -0.15) is 0 Å². The van der Waals surface area contributed by atoms with Gasteiger partial charge in [0, 0.05) is 6.08 Å². The molecule has 0 aliphatic carbocycles. The van der Waals surface area contributed by atoms with Gasteiger partial charge in [0.05, 0.1) is 0 Å². The van der Waals surface area contributed by atoms with Crippen molar-refractivity contribution in [1.82, 2.24) is 0 Å². The molecule has 0 radical (unpaired) electrons. The van der Waals surface area contributed by atoms with Crippen LogP contribution in [0.4, 0.5) is 0 Å². The van der Waals surface area contributed by atoms with E-state index in [1.54, 1.807) is 0 Å². The van der Waals surface area contributed by atoms with Crippen molar-refractivity contribution in [2.45, 2.75) is 0 Å². The Bertz CT molecular complexity index is 106. The van der Waals surface area contributed by atoms with Crippen molar-refractivity contribution in [1.29, 1.82) is 0 Å². The van der Waals surface area contributed by atoms with Gasteiger partial charge in [0.15, 0.2) is 0 Å². The fourth-order valence-corrected chi connectivity index (χ4v) is 0.134. The summed E-state index contributed by atoms with van der Waals surface area (Å²) >= 11 is 0. The van der Waals surface area contributed by atoms with Crippen molar-refractivity contribution in [3.63, 3.8) is 0 Å². The Morgan fingerprint density at radius 3 is 2.29 bits per heavy atom. The second-order valence-corrected chi connectivity index (χ2v) is 0.898. The monoisotopic (exact) mass is 99.0 g/mol. The van der Waals surface area contributed by atoms with Crippen LogP contribution in [0.3, 0.4) is 0 Å². The van der Waals surface area contributed by atoms with Gasteiger partial charge in [-0.3, -0.25) is 9.59 Å². The van der Waals surface area contributed by atoms with Crippen molar-refractivity contribution in [3.05, 3.63) is 12.2 Å². The van der Waals surface area contributed by atoms with E-state index in [1.165, 1.54) is 0 Å². The molecule has 0 aromatic carbocycles. The molecule has 0 aromatic heterocycles. The fraction of sp³-hybridized carbons (Fsp3) is 0. The van der Waals surface area contributed by atoms with Gasteiger partial charge >= 0.3 is 0 Å². The first-order valence-electron chi connectivity index (χ1n) is 1.68. The molecule has 3 nitrogen and oxygen atoms in total. The molecular weight excluding hydrogens is 94.0 g/mol. The molecule has 7 heavy (non-hydrogen) atoms. The molecule has 0 unspecified atom stereocenters. The van der Waals surface area contributed by atoms with Crippen molar-refractivity contribution >= 4 is 12.2 Å². The number of aldehydes is 1. The highest BCUT2D eigenvalue weighted by molar-refractivity contribution is 5.89. The van der Waals surface area contributed by atoms with Crippen molar-refractivity contribution < 1.29 is 9.59 Å². The first kappa shape index (κ1) is 5.88. The maximum atomic E-state index is 9.73. The van der Waals surface area contributed by atoms with Crippen LogP contribution < -0.4 is 5.73 Å². The number of carbonyl (C=O) groups is 2. The first-order valence-corrected chi connectivity index (χ1v) is 1.68.